The zero-order valence-corrected chi connectivity index (χ0v) is 15.5. The Morgan fingerprint density at radius 3 is 2.56 bits per heavy atom. The summed E-state index contributed by atoms with van der Waals surface area (Å²) in [6, 6.07) is 15.1. The van der Waals surface area contributed by atoms with Gasteiger partial charge in [0.1, 0.15) is 5.75 Å². The van der Waals surface area contributed by atoms with E-state index in [1.165, 1.54) is 7.11 Å². The SMILES string of the molecule is C=CCC1(C(=O)OC)C(=O)Nc2ccccc2CC1c1ccc(OC)cc1. The van der Waals surface area contributed by atoms with Gasteiger partial charge >= 0.3 is 5.97 Å². The molecule has 0 bridgehead atoms. The van der Waals surface area contributed by atoms with Crippen molar-refractivity contribution in [2.75, 3.05) is 19.5 Å². The van der Waals surface area contributed by atoms with Crippen molar-refractivity contribution in [3.05, 3.63) is 72.3 Å². The number of fused-ring (bicyclic) bond motifs is 1. The Morgan fingerprint density at radius 1 is 1.22 bits per heavy atom. The molecule has 2 aromatic rings. The van der Waals surface area contributed by atoms with Gasteiger partial charge in [0.15, 0.2) is 5.41 Å². The third-order valence-corrected chi connectivity index (χ3v) is 5.22. The highest BCUT2D eigenvalue weighted by molar-refractivity contribution is 6.11. The maximum absolute atomic E-state index is 13.3. The van der Waals surface area contributed by atoms with Crippen LogP contribution in [0.1, 0.15) is 23.5 Å². The molecule has 1 amide bonds. The number of carbonyl (C=O) groups excluding carboxylic acids is 2. The molecule has 0 aromatic heterocycles. The number of rotatable bonds is 5. The predicted octanol–water partition coefficient (Wildman–Crippen LogP) is 3.71. The molecule has 3 rings (SSSR count). The van der Waals surface area contributed by atoms with Crippen LogP contribution in [0.3, 0.4) is 0 Å². The minimum Gasteiger partial charge on any atom is -0.497 e. The molecule has 5 nitrogen and oxygen atoms in total. The van der Waals surface area contributed by atoms with Crippen LogP contribution in [-0.2, 0) is 20.7 Å². The molecule has 1 aliphatic rings. The first-order valence-corrected chi connectivity index (χ1v) is 8.79. The van der Waals surface area contributed by atoms with Gasteiger partial charge in [-0.1, -0.05) is 36.4 Å². The van der Waals surface area contributed by atoms with Gasteiger partial charge in [-0.3, -0.25) is 9.59 Å². The van der Waals surface area contributed by atoms with Crippen molar-refractivity contribution in [3.8, 4) is 5.75 Å². The summed E-state index contributed by atoms with van der Waals surface area (Å²) in [6.45, 7) is 3.78. The lowest BCUT2D eigenvalue weighted by atomic mass is 9.67. The molecule has 2 atom stereocenters. The molecule has 5 heteroatoms. The van der Waals surface area contributed by atoms with Crippen LogP contribution < -0.4 is 10.1 Å². The van der Waals surface area contributed by atoms with Gasteiger partial charge in [0.2, 0.25) is 5.91 Å². The van der Waals surface area contributed by atoms with Crippen LogP contribution in [0.4, 0.5) is 5.69 Å². The van der Waals surface area contributed by atoms with E-state index in [0.717, 1.165) is 16.8 Å². The fourth-order valence-corrected chi connectivity index (χ4v) is 3.81. The van der Waals surface area contributed by atoms with Crippen molar-refractivity contribution in [2.24, 2.45) is 5.41 Å². The molecule has 140 valence electrons. The lowest BCUT2D eigenvalue weighted by molar-refractivity contribution is -0.158. The Labute approximate surface area is 159 Å². The summed E-state index contributed by atoms with van der Waals surface area (Å²) in [5.74, 6) is -0.629. The van der Waals surface area contributed by atoms with Gasteiger partial charge in [0.05, 0.1) is 14.2 Å². The first kappa shape index (κ1) is 18.7. The van der Waals surface area contributed by atoms with Gasteiger partial charge in [-0.2, -0.15) is 0 Å². The standard InChI is InChI=1S/C22H23NO4/c1-4-13-22(21(25)27-3)18(15-9-11-17(26-2)12-10-15)14-16-7-5-6-8-19(16)23-20(22)24/h4-12,18H,1,13-14H2,2-3H3,(H,23,24). The van der Waals surface area contributed by atoms with Crippen LogP contribution in [0, 0.1) is 5.41 Å². The number of esters is 1. The van der Waals surface area contributed by atoms with Crippen molar-refractivity contribution in [2.45, 2.75) is 18.8 Å². The van der Waals surface area contributed by atoms with Gasteiger partial charge in [-0.15, -0.1) is 6.58 Å². The number of carbonyl (C=O) groups is 2. The Kier molecular flexibility index (Phi) is 5.31. The molecule has 0 saturated carbocycles. The van der Waals surface area contributed by atoms with Gasteiger partial charge in [0.25, 0.3) is 0 Å². The van der Waals surface area contributed by atoms with Crippen molar-refractivity contribution in [1.82, 2.24) is 0 Å². The quantitative estimate of drug-likeness (QED) is 0.498. The number of benzene rings is 2. The number of hydrogen-bond acceptors (Lipinski definition) is 4. The van der Waals surface area contributed by atoms with Crippen LogP contribution in [0.2, 0.25) is 0 Å². The molecule has 0 spiro atoms. The molecular formula is C22H23NO4. The van der Waals surface area contributed by atoms with E-state index in [1.54, 1.807) is 13.2 Å². The number of ether oxygens (including phenoxy) is 2. The lowest BCUT2D eigenvalue weighted by Crippen LogP contribution is -2.47. The first-order valence-electron chi connectivity index (χ1n) is 8.79. The average molecular weight is 365 g/mol. The molecule has 1 aliphatic heterocycles. The number of allylic oxidation sites excluding steroid dienone is 1. The molecule has 2 unspecified atom stereocenters. The molecule has 0 radical (unpaired) electrons. The van der Waals surface area contributed by atoms with E-state index >= 15 is 0 Å². The van der Waals surface area contributed by atoms with Crippen LogP contribution in [0.15, 0.2) is 61.2 Å². The predicted molar refractivity (Wildman–Crippen MR) is 104 cm³/mol. The van der Waals surface area contributed by atoms with Gasteiger partial charge in [0, 0.05) is 11.6 Å². The molecular weight excluding hydrogens is 342 g/mol. The Bertz CT molecular complexity index is 859. The van der Waals surface area contributed by atoms with Crippen molar-refractivity contribution in [1.29, 1.82) is 0 Å². The molecule has 1 N–H and O–H groups in total. The summed E-state index contributed by atoms with van der Waals surface area (Å²) in [4.78, 5) is 26.3. The van der Waals surface area contributed by atoms with Gasteiger partial charge in [-0.05, 0) is 42.2 Å². The summed E-state index contributed by atoms with van der Waals surface area (Å²) in [6.07, 6.45) is 2.30. The Hall–Kier alpha value is -3.08. The minimum atomic E-state index is -1.40. The maximum Gasteiger partial charge on any atom is 0.322 e. The number of hydrogen-bond donors (Lipinski definition) is 1. The number of amides is 1. The third kappa shape index (κ3) is 3.21. The van der Waals surface area contributed by atoms with Crippen molar-refractivity contribution >= 4 is 17.6 Å². The smallest absolute Gasteiger partial charge is 0.322 e. The highest BCUT2D eigenvalue weighted by Crippen LogP contribution is 2.47. The average Bonchev–Trinajstić information content (AvgIpc) is 2.83. The molecule has 0 fully saturated rings. The number of methoxy groups -OCH3 is 2. The van der Waals surface area contributed by atoms with Crippen molar-refractivity contribution < 1.29 is 19.1 Å². The fraction of sp³-hybridized carbons (Fsp3) is 0.273. The highest BCUT2D eigenvalue weighted by atomic mass is 16.5. The third-order valence-electron chi connectivity index (χ3n) is 5.22. The molecule has 0 saturated heterocycles. The lowest BCUT2D eigenvalue weighted by Gasteiger charge is -2.35. The van der Waals surface area contributed by atoms with Gasteiger partial charge in [-0.25, -0.2) is 0 Å². The summed E-state index contributed by atoms with van der Waals surface area (Å²) in [5, 5.41) is 2.92. The second-order valence-corrected chi connectivity index (χ2v) is 6.60. The largest absolute Gasteiger partial charge is 0.497 e. The number of nitrogens with one attached hydrogen (secondary N) is 1. The van der Waals surface area contributed by atoms with E-state index in [2.05, 4.69) is 11.9 Å². The molecule has 0 aliphatic carbocycles. The van der Waals surface area contributed by atoms with Crippen LogP contribution in [-0.4, -0.2) is 26.1 Å². The number of para-hydroxylation sites is 1. The second-order valence-electron chi connectivity index (χ2n) is 6.60. The second kappa shape index (κ2) is 7.66. The maximum atomic E-state index is 13.3. The van der Waals surface area contributed by atoms with E-state index < -0.39 is 17.3 Å². The van der Waals surface area contributed by atoms with E-state index in [-0.39, 0.29) is 12.3 Å². The zero-order valence-electron chi connectivity index (χ0n) is 15.5. The van der Waals surface area contributed by atoms with Crippen LogP contribution in [0.25, 0.3) is 0 Å². The van der Waals surface area contributed by atoms with Crippen LogP contribution in [0.5, 0.6) is 5.75 Å². The van der Waals surface area contributed by atoms with E-state index in [1.807, 2.05) is 48.5 Å². The van der Waals surface area contributed by atoms with E-state index in [4.69, 9.17) is 9.47 Å². The Morgan fingerprint density at radius 2 is 1.93 bits per heavy atom. The number of anilines is 1. The summed E-state index contributed by atoms with van der Waals surface area (Å²) < 4.78 is 10.3. The Balaban J connectivity index is 2.21. The van der Waals surface area contributed by atoms with Crippen molar-refractivity contribution in [3.63, 3.8) is 0 Å². The molecule has 1 heterocycles. The fourth-order valence-electron chi connectivity index (χ4n) is 3.81. The summed E-state index contributed by atoms with van der Waals surface area (Å²) in [7, 11) is 2.91. The van der Waals surface area contributed by atoms with Crippen LogP contribution >= 0.6 is 0 Å². The summed E-state index contributed by atoms with van der Waals surface area (Å²) >= 11 is 0. The monoisotopic (exact) mass is 365 g/mol. The molecule has 27 heavy (non-hydrogen) atoms. The normalized spacial score (nSPS) is 21.4. The van der Waals surface area contributed by atoms with E-state index in [9.17, 15) is 9.59 Å². The first-order chi connectivity index (χ1) is 13.1. The summed E-state index contributed by atoms with van der Waals surface area (Å²) in [5.41, 5.74) is 1.16. The topological polar surface area (TPSA) is 64.6 Å². The highest BCUT2D eigenvalue weighted by Gasteiger charge is 2.54. The zero-order chi connectivity index (χ0) is 19.4. The van der Waals surface area contributed by atoms with E-state index in [0.29, 0.717) is 12.2 Å². The molecule has 2 aromatic carbocycles. The van der Waals surface area contributed by atoms with Gasteiger partial charge < -0.3 is 14.8 Å². The minimum absolute atomic E-state index is 0.177.